The van der Waals surface area contributed by atoms with E-state index in [1.807, 2.05) is 36.5 Å². The predicted molar refractivity (Wildman–Crippen MR) is 151 cm³/mol. The van der Waals surface area contributed by atoms with Gasteiger partial charge in [0.05, 0.1) is 12.7 Å². The van der Waals surface area contributed by atoms with E-state index in [0.29, 0.717) is 17.4 Å². The molecule has 4 N–H and O–H groups in total. The Morgan fingerprint density at radius 1 is 1.13 bits per heavy atom. The van der Waals surface area contributed by atoms with Crippen LogP contribution in [0.15, 0.2) is 67.0 Å². The van der Waals surface area contributed by atoms with Crippen LogP contribution in [0.5, 0.6) is 5.75 Å². The van der Waals surface area contributed by atoms with Gasteiger partial charge in [-0.05, 0) is 48.7 Å². The first kappa shape index (κ1) is 26.1. The molecule has 0 spiro atoms. The lowest BCUT2D eigenvalue weighted by atomic mass is 10.0. The van der Waals surface area contributed by atoms with Crippen molar-refractivity contribution in [3.8, 4) is 28.3 Å². The molecule has 1 amide bonds. The van der Waals surface area contributed by atoms with Gasteiger partial charge >= 0.3 is 0 Å². The van der Waals surface area contributed by atoms with Crippen molar-refractivity contribution in [1.82, 2.24) is 15.0 Å². The number of carbonyl (C=O) groups excluding carboxylic acids is 1. The van der Waals surface area contributed by atoms with E-state index in [1.54, 1.807) is 24.4 Å². The zero-order chi connectivity index (χ0) is 27.4. The number of nitrogens with two attached hydrogens (primary N) is 1. The fourth-order valence-electron chi connectivity index (χ4n) is 4.73. The summed E-state index contributed by atoms with van der Waals surface area (Å²) in [5.41, 5.74) is 10.1. The minimum Gasteiger partial charge on any atom is -0.496 e. The van der Waals surface area contributed by atoms with Crippen LogP contribution in [0.3, 0.4) is 0 Å². The average molecular weight is 528 g/mol. The minimum atomic E-state index is -0.470. The molecule has 1 atom stereocenters. The number of amides is 1. The molecule has 0 unspecified atom stereocenters. The molecule has 1 fully saturated rings. The van der Waals surface area contributed by atoms with Gasteiger partial charge in [0, 0.05) is 61.5 Å². The second-order valence-electron chi connectivity index (χ2n) is 9.40. The number of ether oxygens (including phenoxy) is 1. The number of nitrogens with zero attached hydrogens (tertiary/aromatic N) is 4. The highest BCUT2D eigenvalue weighted by atomic mass is 19.1. The van der Waals surface area contributed by atoms with Crippen molar-refractivity contribution in [1.29, 1.82) is 0 Å². The molecule has 2 aromatic heterocycles. The second kappa shape index (κ2) is 11.4. The Hall–Kier alpha value is -4.57. The summed E-state index contributed by atoms with van der Waals surface area (Å²) in [6.45, 7) is 3.08. The smallest absolute Gasteiger partial charge is 0.221 e. The molecule has 1 aliphatic heterocycles. The molecule has 0 saturated carbocycles. The van der Waals surface area contributed by atoms with Crippen LogP contribution < -0.4 is 26.0 Å². The van der Waals surface area contributed by atoms with Gasteiger partial charge in [0.1, 0.15) is 23.2 Å². The van der Waals surface area contributed by atoms with Gasteiger partial charge in [-0.1, -0.05) is 18.2 Å². The van der Waals surface area contributed by atoms with Crippen LogP contribution in [-0.2, 0) is 4.79 Å². The van der Waals surface area contributed by atoms with Gasteiger partial charge in [-0.15, -0.1) is 0 Å². The standard InChI is InChI=1S/C29H30FN7O2/c1-18(38)34-21-10-8-19(9-11-21)22-16-33-27(15-24(22)37-14-4-5-20(31)17-37)35-26-12-13-32-29(36-26)28-23(30)6-3-7-25(28)39-2/h3,6-13,15-16,20H,4-5,14,17,31H2,1-2H3,(H,34,38)(H,32,33,35,36)/t20-/m0/s1. The van der Waals surface area contributed by atoms with Gasteiger partial charge in [-0.2, -0.15) is 0 Å². The maximum Gasteiger partial charge on any atom is 0.221 e. The largest absolute Gasteiger partial charge is 0.496 e. The van der Waals surface area contributed by atoms with Crippen LogP contribution >= 0.6 is 0 Å². The maximum absolute atomic E-state index is 14.6. The van der Waals surface area contributed by atoms with Crippen molar-refractivity contribution in [3.63, 3.8) is 0 Å². The van der Waals surface area contributed by atoms with Gasteiger partial charge in [0.25, 0.3) is 0 Å². The van der Waals surface area contributed by atoms with Gasteiger partial charge in [-0.25, -0.2) is 19.3 Å². The fraction of sp³-hybridized carbons (Fsp3) is 0.241. The Kier molecular flexibility index (Phi) is 7.64. The lowest BCUT2D eigenvalue weighted by molar-refractivity contribution is -0.114. The van der Waals surface area contributed by atoms with E-state index in [2.05, 4.69) is 30.5 Å². The summed E-state index contributed by atoms with van der Waals surface area (Å²) in [6, 6.07) is 16.0. The molecule has 200 valence electrons. The summed E-state index contributed by atoms with van der Waals surface area (Å²) in [5, 5.41) is 6.04. The molecule has 5 rings (SSSR count). The molecule has 0 aliphatic carbocycles. The van der Waals surface area contributed by atoms with Crippen molar-refractivity contribution in [2.45, 2.75) is 25.8 Å². The van der Waals surface area contributed by atoms with Gasteiger partial charge < -0.3 is 26.0 Å². The van der Waals surface area contributed by atoms with E-state index in [-0.39, 0.29) is 23.3 Å². The third-order valence-electron chi connectivity index (χ3n) is 6.53. The highest BCUT2D eigenvalue weighted by Crippen LogP contribution is 2.35. The molecule has 4 aromatic rings. The zero-order valence-corrected chi connectivity index (χ0v) is 21.8. The Morgan fingerprint density at radius 3 is 2.69 bits per heavy atom. The van der Waals surface area contributed by atoms with Gasteiger partial charge in [0.2, 0.25) is 5.91 Å². The third-order valence-corrected chi connectivity index (χ3v) is 6.53. The van der Waals surface area contributed by atoms with Crippen LogP contribution in [0.1, 0.15) is 19.8 Å². The van der Waals surface area contributed by atoms with Gasteiger partial charge in [-0.3, -0.25) is 4.79 Å². The molecular formula is C29H30FN7O2. The zero-order valence-electron chi connectivity index (χ0n) is 21.8. The van der Waals surface area contributed by atoms with E-state index in [0.717, 1.165) is 48.4 Å². The van der Waals surface area contributed by atoms with E-state index >= 15 is 0 Å². The van der Waals surface area contributed by atoms with Crippen LogP contribution in [0.4, 0.5) is 27.4 Å². The Bertz CT molecular complexity index is 1480. The second-order valence-corrected chi connectivity index (χ2v) is 9.40. The molecule has 9 nitrogen and oxygen atoms in total. The lowest BCUT2D eigenvalue weighted by Gasteiger charge is -2.34. The molecule has 1 saturated heterocycles. The number of pyridine rings is 1. The number of hydrogen-bond acceptors (Lipinski definition) is 8. The molecule has 0 bridgehead atoms. The summed E-state index contributed by atoms with van der Waals surface area (Å²) >= 11 is 0. The first-order valence-electron chi connectivity index (χ1n) is 12.7. The number of halogens is 1. The molecule has 39 heavy (non-hydrogen) atoms. The van der Waals surface area contributed by atoms with Crippen LogP contribution in [0.25, 0.3) is 22.5 Å². The normalized spacial score (nSPS) is 15.1. The van der Waals surface area contributed by atoms with Crippen LogP contribution in [-0.4, -0.2) is 47.1 Å². The summed E-state index contributed by atoms with van der Waals surface area (Å²) in [4.78, 5) is 27.1. The highest BCUT2D eigenvalue weighted by Gasteiger charge is 2.21. The quantitative estimate of drug-likeness (QED) is 0.308. The first-order valence-corrected chi connectivity index (χ1v) is 12.7. The van der Waals surface area contributed by atoms with Crippen LogP contribution in [0, 0.1) is 5.82 Å². The van der Waals surface area contributed by atoms with Crippen molar-refractivity contribution in [2.24, 2.45) is 5.73 Å². The van der Waals surface area contributed by atoms with Crippen molar-refractivity contribution in [2.75, 3.05) is 35.7 Å². The van der Waals surface area contributed by atoms with Crippen LogP contribution in [0.2, 0.25) is 0 Å². The topological polar surface area (TPSA) is 118 Å². The summed E-state index contributed by atoms with van der Waals surface area (Å²) in [6.07, 6.45) is 5.35. The summed E-state index contributed by atoms with van der Waals surface area (Å²) < 4.78 is 20.0. The summed E-state index contributed by atoms with van der Waals surface area (Å²) in [5.74, 6) is 1.00. The number of hydrogen-bond donors (Lipinski definition) is 3. The highest BCUT2D eigenvalue weighted by molar-refractivity contribution is 5.89. The number of rotatable bonds is 7. The average Bonchev–Trinajstić information content (AvgIpc) is 2.93. The first-order chi connectivity index (χ1) is 18.9. The molecule has 1 aliphatic rings. The predicted octanol–water partition coefficient (Wildman–Crippen LogP) is 4.98. The molecule has 2 aromatic carbocycles. The molecule has 10 heteroatoms. The Labute approximate surface area is 226 Å². The lowest BCUT2D eigenvalue weighted by Crippen LogP contribution is -2.43. The SMILES string of the molecule is COc1cccc(F)c1-c1nccc(Nc2cc(N3CCC[C@H](N)C3)c(-c3ccc(NC(C)=O)cc3)cn2)n1. The maximum atomic E-state index is 14.6. The fourth-order valence-corrected chi connectivity index (χ4v) is 4.73. The number of benzene rings is 2. The van der Waals surface area contributed by atoms with E-state index in [1.165, 1.54) is 20.1 Å². The van der Waals surface area contributed by atoms with Crippen molar-refractivity contribution in [3.05, 3.63) is 72.8 Å². The molecule has 3 heterocycles. The molecule has 0 radical (unpaired) electrons. The van der Waals surface area contributed by atoms with E-state index in [4.69, 9.17) is 10.5 Å². The third kappa shape index (κ3) is 5.96. The molecular weight excluding hydrogens is 497 g/mol. The van der Waals surface area contributed by atoms with Crippen molar-refractivity contribution < 1.29 is 13.9 Å². The Balaban J connectivity index is 1.48. The number of methoxy groups -OCH3 is 1. The number of anilines is 4. The van der Waals surface area contributed by atoms with E-state index < -0.39 is 5.82 Å². The monoisotopic (exact) mass is 527 g/mol. The minimum absolute atomic E-state index is 0.0819. The Morgan fingerprint density at radius 2 is 1.95 bits per heavy atom. The summed E-state index contributed by atoms with van der Waals surface area (Å²) in [7, 11) is 1.48. The number of aromatic nitrogens is 3. The van der Waals surface area contributed by atoms with Crippen molar-refractivity contribution >= 4 is 28.9 Å². The number of nitrogens with one attached hydrogen (secondary N) is 2. The van der Waals surface area contributed by atoms with E-state index in [9.17, 15) is 9.18 Å². The number of piperidine rings is 1. The van der Waals surface area contributed by atoms with Gasteiger partial charge in [0.15, 0.2) is 5.82 Å². The number of carbonyl (C=O) groups is 1.